The number of nitrogens with one attached hydrogen (secondary N) is 2. The van der Waals surface area contributed by atoms with Gasteiger partial charge in [-0.15, -0.1) is 0 Å². The van der Waals surface area contributed by atoms with Gasteiger partial charge in [0, 0.05) is 36.1 Å². The molecule has 0 rings (SSSR count). The fourth-order valence-corrected chi connectivity index (χ4v) is 6.26. The third-order valence-electron chi connectivity index (χ3n) is 3.07. The quantitative estimate of drug-likeness (QED) is 0.224. The molecule has 0 unspecified atom stereocenters. The third kappa shape index (κ3) is 14.4. The summed E-state index contributed by atoms with van der Waals surface area (Å²) in [6.07, 6.45) is -0.871. The molecule has 10 heteroatoms. The van der Waals surface area contributed by atoms with Crippen LogP contribution in [0.1, 0.15) is 69.2 Å². The van der Waals surface area contributed by atoms with Gasteiger partial charge >= 0.3 is 15.2 Å². The van der Waals surface area contributed by atoms with Gasteiger partial charge in [0.05, 0.1) is 24.4 Å². The molecule has 0 saturated heterocycles. The lowest BCUT2D eigenvalue weighted by Crippen LogP contribution is -2.25. The van der Waals surface area contributed by atoms with Crippen LogP contribution in [0.4, 0.5) is 0 Å². The van der Waals surface area contributed by atoms with E-state index in [9.17, 15) is 9.13 Å². The molecule has 0 bridgehead atoms. The van der Waals surface area contributed by atoms with Crippen molar-refractivity contribution in [2.24, 2.45) is 0 Å². The molecule has 0 heterocycles. The predicted octanol–water partition coefficient (Wildman–Crippen LogP) is 5.97. The van der Waals surface area contributed by atoms with Gasteiger partial charge in [0.25, 0.3) is 0 Å². The maximum atomic E-state index is 12.9. The number of rotatable bonds is 15. The summed E-state index contributed by atoms with van der Waals surface area (Å²) in [5, 5.41) is 6.35. The zero-order chi connectivity index (χ0) is 23.5. The zero-order valence-corrected chi connectivity index (χ0v) is 22.0. The summed E-state index contributed by atoms with van der Waals surface area (Å²) >= 11 is 0. The molecule has 0 atom stereocenters. The third-order valence-corrected chi connectivity index (χ3v) is 7.34. The van der Waals surface area contributed by atoms with E-state index in [2.05, 4.69) is 10.6 Å². The Morgan fingerprint density at radius 1 is 0.633 bits per heavy atom. The van der Waals surface area contributed by atoms with E-state index in [4.69, 9.17) is 18.1 Å². The lowest BCUT2D eigenvalue weighted by molar-refractivity contribution is 0.148. The molecule has 0 spiro atoms. The van der Waals surface area contributed by atoms with Crippen molar-refractivity contribution in [1.29, 1.82) is 0 Å². The fraction of sp³-hybridized carbons (Fsp3) is 0.800. The summed E-state index contributed by atoms with van der Waals surface area (Å²) in [6.45, 7) is 19.3. The summed E-state index contributed by atoms with van der Waals surface area (Å²) in [5.74, 6) is 3.02. The SMILES string of the molecule is CC(=CP(=O)(OC(C)C)OC(C)C)NCCNC(C)=CP(=O)(OC(C)C)OC(C)C. The second-order valence-electron chi connectivity index (χ2n) is 8.17. The minimum Gasteiger partial charge on any atom is -0.387 e. The molecule has 0 fully saturated rings. The minimum absolute atomic E-state index is 0.218. The molecule has 0 aliphatic carbocycles. The minimum atomic E-state index is -3.34. The summed E-state index contributed by atoms with van der Waals surface area (Å²) in [7, 11) is -6.67. The molecule has 8 nitrogen and oxygen atoms in total. The Morgan fingerprint density at radius 3 is 1.07 bits per heavy atom. The number of allylic oxidation sites excluding steroid dienone is 2. The van der Waals surface area contributed by atoms with E-state index in [1.54, 1.807) is 0 Å². The average molecular weight is 469 g/mol. The molecule has 30 heavy (non-hydrogen) atoms. The Bertz CT molecular complexity index is 576. The van der Waals surface area contributed by atoms with Gasteiger partial charge < -0.3 is 28.7 Å². The van der Waals surface area contributed by atoms with Gasteiger partial charge in [-0.3, -0.25) is 9.13 Å². The highest BCUT2D eigenvalue weighted by Crippen LogP contribution is 2.53. The smallest absolute Gasteiger partial charge is 0.356 e. The van der Waals surface area contributed by atoms with E-state index in [0.29, 0.717) is 24.5 Å². The van der Waals surface area contributed by atoms with Crippen LogP contribution in [0.2, 0.25) is 0 Å². The van der Waals surface area contributed by atoms with Crippen LogP contribution in [0, 0.1) is 0 Å². The number of hydrogen-bond acceptors (Lipinski definition) is 8. The first-order chi connectivity index (χ1) is 13.7. The average Bonchev–Trinajstić information content (AvgIpc) is 2.46. The standard InChI is InChI=1S/C20H42N2O6P2/c1-15(2)25-29(23,26-16(3)4)13-19(9)21-11-12-22-20(10)14-30(24,27-17(5)6)28-18(7)8/h13-18,21-22H,11-12H2,1-10H3. The molecule has 2 N–H and O–H groups in total. The summed E-state index contributed by atoms with van der Waals surface area (Å²) in [5.41, 5.74) is 1.39. The van der Waals surface area contributed by atoms with Crippen LogP contribution in [0.5, 0.6) is 0 Å². The van der Waals surface area contributed by atoms with E-state index >= 15 is 0 Å². The van der Waals surface area contributed by atoms with Crippen molar-refractivity contribution in [3.05, 3.63) is 23.0 Å². The van der Waals surface area contributed by atoms with Crippen molar-refractivity contribution in [3.8, 4) is 0 Å². The van der Waals surface area contributed by atoms with Gasteiger partial charge in [-0.2, -0.15) is 0 Å². The maximum absolute atomic E-state index is 12.9. The van der Waals surface area contributed by atoms with Crippen LogP contribution in [0.25, 0.3) is 0 Å². The highest BCUT2D eigenvalue weighted by molar-refractivity contribution is 7.57. The second-order valence-corrected chi connectivity index (χ2v) is 11.7. The molecule has 0 aromatic rings. The summed E-state index contributed by atoms with van der Waals surface area (Å²) < 4.78 is 47.8. The lowest BCUT2D eigenvalue weighted by Gasteiger charge is -2.21. The normalized spacial score (nSPS) is 14.3. The molecule has 0 aromatic carbocycles. The van der Waals surface area contributed by atoms with E-state index < -0.39 is 15.2 Å². The van der Waals surface area contributed by atoms with Crippen LogP contribution in [0.3, 0.4) is 0 Å². The van der Waals surface area contributed by atoms with Crippen LogP contribution in [-0.2, 0) is 27.2 Å². The fourth-order valence-electron chi connectivity index (χ4n) is 2.43. The second kappa shape index (κ2) is 13.7. The topological polar surface area (TPSA) is 95.1 Å². The van der Waals surface area contributed by atoms with Gasteiger partial charge in [0.2, 0.25) is 0 Å². The summed E-state index contributed by atoms with van der Waals surface area (Å²) in [4.78, 5) is 0. The van der Waals surface area contributed by atoms with Crippen LogP contribution < -0.4 is 10.6 Å². The van der Waals surface area contributed by atoms with Crippen molar-refractivity contribution in [3.63, 3.8) is 0 Å². The Labute approximate surface area is 183 Å². The van der Waals surface area contributed by atoms with E-state index in [1.807, 2.05) is 69.2 Å². The van der Waals surface area contributed by atoms with Crippen molar-refractivity contribution in [1.82, 2.24) is 10.6 Å². The monoisotopic (exact) mass is 468 g/mol. The van der Waals surface area contributed by atoms with E-state index in [-0.39, 0.29) is 24.4 Å². The van der Waals surface area contributed by atoms with E-state index in [1.165, 1.54) is 11.6 Å². The Balaban J connectivity index is 4.86. The van der Waals surface area contributed by atoms with Crippen molar-refractivity contribution < 1.29 is 27.2 Å². The lowest BCUT2D eigenvalue weighted by atomic mass is 10.5. The molecule has 0 aromatic heterocycles. The largest absolute Gasteiger partial charge is 0.387 e. The first-order valence-corrected chi connectivity index (χ1v) is 13.7. The van der Waals surface area contributed by atoms with E-state index in [0.717, 1.165) is 0 Å². The maximum Gasteiger partial charge on any atom is 0.356 e. The predicted molar refractivity (Wildman–Crippen MR) is 124 cm³/mol. The van der Waals surface area contributed by atoms with Crippen molar-refractivity contribution in [2.45, 2.75) is 93.7 Å². The van der Waals surface area contributed by atoms with Crippen LogP contribution in [-0.4, -0.2) is 37.5 Å². The summed E-state index contributed by atoms with van der Waals surface area (Å²) in [6, 6.07) is 0. The molecule has 0 amide bonds. The Morgan fingerprint density at radius 2 is 0.867 bits per heavy atom. The molecule has 178 valence electrons. The van der Waals surface area contributed by atoms with Crippen molar-refractivity contribution in [2.75, 3.05) is 13.1 Å². The molecule has 0 saturated carbocycles. The molecule has 0 aliphatic heterocycles. The van der Waals surface area contributed by atoms with Crippen molar-refractivity contribution >= 4 is 15.2 Å². The first kappa shape index (κ1) is 29.4. The molecule has 0 radical (unpaired) electrons. The Hall–Kier alpha value is -0.620. The van der Waals surface area contributed by atoms with Crippen LogP contribution >= 0.6 is 15.2 Å². The van der Waals surface area contributed by atoms with Gasteiger partial charge in [-0.1, -0.05) is 0 Å². The zero-order valence-electron chi connectivity index (χ0n) is 20.2. The highest BCUT2D eigenvalue weighted by Gasteiger charge is 2.26. The van der Waals surface area contributed by atoms with Gasteiger partial charge in [-0.05, 0) is 69.2 Å². The highest BCUT2D eigenvalue weighted by atomic mass is 31.2. The van der Waals surface area contributed by atoms with Gasteiger partial charge in [0.1, 0.15) is 0 Å². The number of hydrogen-bond donors (Lipinski definition) is 2. The molecular weight excluding hydrogens is 426 g/mol. The Kier molecular flexibility index (Phi) is 13.4. The van der Waals surface area contributed by atoms with Gasteiger partial charge in [0.15, 0.2) is 0 Å². The first-order valence-electron chi connectivity index (χ1n) is 10.5. The molecular formula is C20H42N2O6P2. The molecule has 0 aliphatic rings. The van der Waals surface area contributed by atoms with Gasteiger partial charge in [-0.25, -0.2) is 0 Å². The van der Waals surface area contributed by atoms with Crippen LogP contribution in [0.15, 0.2) is 23.0 Å².